The van der Waals surface area contributed by atoms with Crippen molar-refractivity contribution in [2.24, 2.45) is 0 Å². The van der Waals surface area contributed by atoms with Gasteiger partial charge in [0.2, 0.25) is 0 Å². The molecule has 0 saturated heterocycles. The van der Waals surface area contributed by atoms with Crippen LogP contribution in [0.25, 0.3) is 0 Å². The van der Waals surface area contributed by atoms with Gasteiger partial charge in [-0.25, -0.2) is 0 Å². The average molecular weight is 429 g/mol. The van der Waals surface area contributed by atoms with Crippen molar-refractivity contribution < 1.29 is 14.4 Å². The molecule has 0 unspecified atom stereocenters. The maximum atomic E-state index is 5.84. The second-order valence-electron chi connectivity index (χ2n) is 8.69. The van der Waals surface area contributed by atoms with E-state index in [9.17, 15) is 0 Å². The quantitative estimate of drug-likeness (QED) is 0.405. The summed E-state index contributed by atoms with van der Waals surface area (Å²) in [5, 5.41) is 0. The summed E-state index contributed by atoms with van der Waals surface area (Å²) in [6, 6.07) is 16.9. The van der Waals surface area contributed by atoms with E-state index in [-0.39, 0.29) is 0 Å². The number of likely N-dealkylation sites (N-methyl/N-ethyl adjacent to an activating group) is 1. The van der Waals surface area contributed by atoms with E-state index in [0.717, 1.165) is 18.9 Å². The maximum absolute atomic E-state index is 5.84. The number of hydrogen-bond acceptors (Lipinski definition) is 2. The minimum Gasteiger partial charge on any atom is -0.491 e. The molecule has 3 heteroatoms. The summed E-state index contributed by atoms with van der Waals surface area (Å²) in [5.41, 5.74) is 3.99. The molecule has 174 valence electrons. The minimum atomic E-state index is 0.625. The number of nitrogens with one attached hydrogen (secondary N) is 1. The molecule has 0 fully saturated rings. The van der Waals surface area contributed by atoms with Crippen molar-refractivity contribution in [3.63, 3.8) is 0 Å². The number of hydrogen-bond donors (Lipinski definition) is 1. The molecule has 2 rings (SSSR count). The van der Waals surface area contributed by atoms with Gasteiger partial charge in [0, 0.05) is 0 Å². The van der Waals surface area contributed by atoms with Crippen LogP contribution in [0.5, 0.6) is 5.75 Å². The van der Waals surface area contributed by atoms with Gasteiger partial charge in [0.25, 0.3) is 0 Å². The van der Waals surface area contributed by atoms with Crippen molar-refractivity contribution in [1.29, 1.82) is 0 Å². The zero-order chi connectivity index (χ0) is 22.7. The highest BCUT2D eigenvalue weighted by Gasteiger charge is 2.02. The first-order valence-corrected chi connectivity index (χ1v) is 12.1. The molecule has 0 aliphatic carbocycles. The molecule has 0 heterocycles. The standard InChI is InChI=1S/C21H37NO2.C7H8/c1-5-6-7-8-9-10-11-20-12-13-21(19(2)18-20)24-17-16-23-15-14-22(3)4;1-7-5-3-2-4-6-7/h12-13,18H,5-11,14-17H2,1-4H3;2-6H,1H3/p+1. The van der Waals surface area contributed by atoms with Crippen molar-refractivity contribution >= 4 is 0 Å². The molecule has 31 heavy (non-hydrogen) atoms. The van der Waals surface area contributed by atoms with Gasteiger partial charge in [0.1, 0.15) is 18.9 Å². The normalized spacial score (nSPS) is 10.6. The van der Waals surface area contributed by atoms with Crippen LogP contribution < -0.4 is 9.64 Å². The van der Waals surface area contributed by atoms with E-state index >= 15 is 0 Å². The first kappa shape index (κ1) is 27.2. The third kappa shape index (κ3) is 14.7. The Labute approximate surface area is 191 Å². The molecule has 0 aliphatic rings. The second kappa shape index (κ2) is 17.8. The van der Waals surface area contributed by atoms with E-state index in [1.165, 1.54) is 66.5 Å². The number of quaternary nitrogens is 1. The lowest BCUT2D eigenvalue weighted by Crippen LogP contribution is -3.06. The van der Waals surface area contributed by atoms with Gasteiger partial charge in [-0.05, 0) is 43.9 Å². The van der Waals surface area contributed by atoms with Crippen molar-refractivity contribution in [3.05, 3.63) is 65.2 Å². The van der Waals surface area contributed by atoms with Gasteiger partial charge in [0.15, 0.2) is 0 Å². The molecule has 0 radical (unpaired) electrons. The van der Waals surface area contributed by atoms with Crippen LogP contribution in [0.2, 0.25) is 0 Å². The van der Waals surface area contributed by atoms with E-state index in [1.807, 2.05) is 18.2 Å². The molecule has 0 aromatic heterocycles. The molecule has 0 bridgehead atoms. The Morgan fingerprint density at radius 2 is 1.48 bits per heavy atom. The predicted octanol–water partition coefficient (Wildman–Crippen LogP) is 5.43. The summed E-state index contributed by atoms with van der Waals surface area (Å²) in [5.74, 6) is 0.989. The molecule has 0 aliphatic heterocycles. The number of aryl methyl sites for hydroxylation is 3. The monoisotopic (exact) mass is 428 g/mol. The second-order valence-corrected chi connectivity index (χ2v) is 8.69. The van der Waals surface area contributed by atoms with Crippen LogP contribution in [0.1, 0.15) is 62.1 Å². The predicted molar refractivity (Wildman–Crippen MR) is 133 cm³/mol. The molecule has 2 aromatic carbocycles. The number of unbranched alkanes of at least 4 members (excludes halogenated alkanes) is 5. The summed E-state index contributed by atoms with van der Waals surface area (Å²) in [6.07, 6.45) is 9.30. The lowest BCUT2D eigenvalue weighted by molar-refractivity contribution is -0.858. The molecule has 3 nitrogen and oxygen atoms in total. The third-order valence-electron chi connectivity index (χ3n) is 5.23. The Kier molecular flexibility index (Phi) is 15.6. The van der Waals surface area contributed by atoms with E-state index in [2.05, 4.69) is 65.2 Å². The SMILES string of the molecule is CCCCCCCCc1ccc(OCCOCC[NH+](C)C)c(C)c1.Cc1ccccc1. The van der Waals surface area contributed by atoms with Crippen molar-refractivity contribution in [1.82, 2.24) is 0 Å². The van der Waals surface area contributed by atoms with Gasteiger partial charge in [-0.3, -0.25) is 0 Å². The van der Waals surface area contributed by atoms with Crippen LogP contribution >= 0.6 is 0 Å². The molecule has 0 spiro atoms. The zero-order valence-electron chi connectivity index (χ0n) is 20.7. The van der Waals surface area contributed by atoms with E-state index in [4.69, 9.17) is 9.47 Å². The van der Waals surface area contributed by atoms with E-state index in [0.29, 0.717) is 13.2 Å². The van der Waals surface area contributed by atoms with Gasteiger partial charge in [-0.2, -0.15) is 0 Å². The average Bonchev–Trinajstić information content (AvgIpc) is 2.75. The minimum absolute atomic E-state index is 0.625. The van der Waals surface area contributed by atoms with Crippen molar-refractivity contribution in [2.45, 2.75) is 65.7 Å². The highest BCUT2D eigenvalue weighted by Crippen LogP contribution is 2.20. The van der Waals surface area contributed by atoms with Crippen LogP contribution in [0, 0.1) is 13.8 Å². The number of rotatable bonds is 14. The van der Waals surface area contributed by atoms with E-state index in [1.54, 1.807) is 0 Å². The summed E-state index contributed by atoms with van der Waals surface area (Å²) in [7, 11) is 4.27. The van der Waals surface area contributed by atoms with Crippen molar-refractivity contribution in [2.75, 3.05) is 40.5 Å². The van der Waals surface area contributed by atoms with Gasteiger partial charge < -0.3 is 14.4 Å². The molecule has 0 saturated carbocycles. The lowest BCUT2D eigenvalue weighted by Gasteiger charge is -2.12. The molecule has 1 N–H and O–H groups in total. The maximum Gasteiger partial charge on any atom is 0.122 e. The molecule has 0 amide bonds. The summed E-state index contributed by atoms with van der Waals surface area (Å²) < 4.78 is 11.4. The van der Waals surface area contributed by atoms with E-state index < -0.39 is 0 Å². The number of ether oxygens (including phenoxy) is 2. The highest BCUT2D eigenvalue weighted by molar-refractivity contribution is 5.36. The van der Waals surface area contributed by atoms with Gasteiger partial charge >= 0.3 is 0 Å². The first-order chi connectivity index (χ1) is 15.0. The zero-order valence-corrected chi connectivity index (χ0v) is 20.7. The Hall–Kier alpha value is -1.84. The van der Waals surface area contributed by atoms with Crippen LogP contribution in [-0.4, -0.2) is 40.5 Å². The lowest BCUT2D eigenvalue weighted by atomic mass is 10.0. The molecule has 2 aromatic rings. The molecular weight excluding hydrogens is 382 g/mol. The van der Waals surface area contributed by atoms with Crippen LogP contribution in [0.4, 0.5) is 0 Å². The Balaban J connectivity index is 0.000000577. The summed E-state index contributed by atoms with van der Waals surface area (Å²) >= 11 is 0. The fourth-order valence-electron chi connectivity index (χ4n) is 3.26. The van der Waals surface area contributed by atoms with Crippen molar-refractivity contribution in [3.8, 4) is 5.75 Å². The summed E-state index contributed by atoms with van der Waals surface area (Å²) in [4.78, 5) is 1.41. The van der Waals surface area contributed by atoms with Crippen LogP contribution in [0.15, 0.2) is 48.5 Å². The van der Waals surface area contributed by atoms with Crippen LogP contribution in [-0.2, 0) is 11.2 Å². The summed E-state index contributed by atoms with van der Waals surface area (Å²) in [6.45, 7) is 9.60. The fourth-order valence-corrected chi connectivity index (χ4v) is 3.26. The van der Waals surface area contributed by atoms with Crippen LogP contribution in [0.3, 0.4) is 0 Å². The molecule has 0 atom stereocenters. The number of benzene rings is 2. The first-order valence-electron chi connectivity index (χ1n) is 12.1. The smallest absolute Gasteiger partial charge is 0.122 e. The Bertz CT molecular complexity index is 670. The third-order valence-corrected chi connectivity index (χ3v) is 5.23. The fraction of sp³-hybridized carbons (Fsp3) is 0.571. The van der Waals surface area contributed by atoms with Gasteiger partial charge in [-0.15, -0.1) is 0 Å². The molecular formula is C28H46NO2+. The Morgan fingerprint density at radius 3 is 2.10 bits per heavy atom. The van der Waals surface area contributed by atoms with Gasteiger partial charge in [0.05, 0.1) is 27.3 Å². The Morgan fingerprint density at radius 1 is 0.774 bits per heavy atom. The topological polar surface area (TPSA) is 22.9 Å². The highest BCUT2D eigenvalue weighted by atomic mass is 16.5. The largest absolute Gasteiger partial charge is 0.491 e. The van der Waals surface area contributed by atoms with Gasteiger partial charge in [-0.1, -0.05) is 87.1 Å².